The van der Waals surface area contributed by atoms with E-state index in [0.717, 1.165) is 22.6 Å². The highest BCUT2D eigenvalue weighted by atomic mass is 32.2. The molecule has 0 bridgehead atoms. The van der Waals surface area contributed by atoms with Gasteiger partial charge in [-0.05, 0) is 48.5 Å². The molecule has 29 heavy (non-hydrogen) atoms. The first-order valence-corrected chi connectivity index (χ1v) is 9.98. The molecule has 0 aliphatic heterocycles. The number of aromatic nitrogens is 2. The fourth-order valence-corrected chi connectivity index (χ4v) is 3.48. The average molecular weight is 415 g/mol. The third kappa shape index (κ3) is 5.58. The Bertz CT molecular complexity index is 943. The molecule has 6 nitrogen and oxygen atoms in total. The molecule has 2 N–H and O–H groups in total. The molecular weight excluding hydrogens is 393 g/mol. The maximum atomic E-state index is 13.3. The lowest BCUT2D eigenvalue weighted by Crippen LogP contribution is -2.28. The minimum absolute atomic E-state index is 0.0981. The molecule has 0 aliphatic rings. The van der Waals surface area contributed by atoms with Crippen molar-refractivity contribution in [1.29, 1.82) is 0 Å². The van der Waals surface area contributed by atoms with E-state index in [1.807, 2.05) is 24.3 Å². The van der Waals surface area contributed by atoms with Crippen LogP contribution in [0.3, 0.4) is 0 Å². The number of amides is 1. The molecule has 1 heterocycles. The number of carbonyl (C=O) groups is 1. The monoisotopic (exact) mass is 415 g/mol. The van der Waals surface area contributed by atoms with E-state index in [0.29, 0.717) is 24.0 Å². The maximum absolute atomic E-state index is 13.3. The van der Waals surface area contributed by atoms with Crippen molar-refractivity contribution in [3.8, 4) is 28.4 Å². The quantitative estimate of drug-likeness (QED) is 0.411. The predicted molar refractivity (Wildman–Crippen MR) is 112 cm³/mol. The highest BCUT2D eigenvalue weighted by molar-refractivity contribution is 8.00. The van der Waals surface area contributed by atoms with Crippen molar-refractivity contribution in [1.82, 2.24) is 15.3 Å². The summed E-state index contributed by atoms with van der Waals surface area (Å²) >= 11 is 1.34. The third-order valence-electron chi connectivity index (χ3n) is 4.14. The number of nitrogens with zero attached hydrogens (tertiary/aromatic N) is 1. The second kappa shape index (κ2) is 10.1. The van der Waals surface area contributed by atoms with Crippen LogP contribution in [-0.2, 0) is 9.53 Å². The summed E-state index contributed by atoms with van der Waals surface area (Å²) in [7, 11) is 3.20. The molecule has 0 spiro atoms. The lowest BCUT2D eigenvalue weighted by Gasteiger charge is -2.05. The van der Waals surface area contributed by atoms with Crippen molar-refractivity contribution in [2.75, 3.05) is 33.1 Å². The van der Waals surface area contributed by atoms with Crippen LogP contribution in [0, 0.1) is 5.82 Å². The summed E-state index contributed by atoms with van der Waals surface area (Å²) in [6.07, 6.45) is 0. The molecule has 3 rings (SSSR count). The van der Waals surface area contributed by atoms with Crippen LogP contribution in [0.4, 0.5) is 4.39 Å². The summed E-state index contributed by atoms with van der Waals surface area (Å²) in [4.78, 5) is 20.0. The van der Waals surface area contributed by atoms with Gasteiger partial charge in [-0.25, -0.2) is 9.37 Å². The van der Waals surface area contributed by atoms with Crippen molar-refractivity contribution >= 4 is 17.7 Å². The second-order valence-electron chi connectivity index (χ2n) is 6.13. The number of aromatic amines is 1. The van der Waals surface area contributed by atoms with Crippen molar-refractivity contribution in [3.05, 3.63) is 54.3 Å². The topological polar surface area (TPSA) is 76.2 Å². The van der Waals surface area contributed by atoms with E-state index in [9.17, 15) is 9.18 Å². The zero-order valence-corrected chi connectivity index (χ0v) is 17.0. The summed E-state index contributed by atoms with van der Waals surface area (Å²) in [5.41, 5.74) is 2.47. The van der Waals surface area contributed by atoms with Crippen molar-refractivity contribution in [2.24, 2.45) is 0 Å². The van der Waals surface area contributed by atoms with Crippen LogP contribution in [0.25, 0.3) is 22.6 Å². The molecule has 0 saturated heterocycles. The van der Waals surface area contributed by atoms with Gasteiger partial charge in [0.15, 0.2) is 0 Å². The lowest BCUT2D eigenvalue weighted by atomic mass is 10.1. The Morgan fingerprint density at radius 2 is 1.79 bits per heavy atom. The molecule has 1 aromatic heterocycles. The Morgan fingerprint density at radius 3 is 2.45 bits per heavy atom. The van der Waals surface area contributed by atoms with Gasteiger partial charge in [-0.3, -0.25) is 4.79 Å². The minimum atomic E-state index is -0.307. The van der Waals surface area contributed by atoms with Gasteiger partial charge in [0.2, 0.25) is 5.91 Å². The summed E-state index contributed by atoms with van der Waals surface area (Å²) in [6.45, 7) is 0.924. The van der Waals surface area contributed by atoms with E-state index in [-0.39, 0.29) is 17.5 Å². The van der Waals surface area contributed by atoms with E-state index >= 15 is 0 Å². The van der Waals surface area contributed by atoms with E-state index in [1.165, 1.54) is 23.9 Å². The molecule has 0 fully saturated rings. The number of methoxy groups -OCH3 is 2. The van der Waals surface area contributed by atoms with Gasteiger partial charge < -0.3 is 19.8 Å². The van der Waals surface area contributed by atoms with Crippen LogP contribution >= 0.6 is 11.8 Å². The number of nitrogens with one attached hydrogen (secondary N) is 2. The van der Waals surface area contributed by atoms with E-state index in [1.54, 1.807) is 26.4 Å². The van der Waals surface area contributed by atoms with Gasteiger partial charge in [-0.15, -0.1) is 0 Å². The molecule has 152 valence electrons. The number of H-pyrrole nitrogens is 1. The van der Waals surface area contributed by atoms with Crippen LogP contribution in [0.15, 0.2) is 53.6 Å². The van der Waals surface area contributed by atoms with Gasteiger partial charge in [0.05, 0.1) is 25.2 Å². The summed E-state index contributed by atoms with van der Waals surface area (Å²) in [5, 5.41) is 3.48. The molecule has 0 atom stereocenters. The molecule has 0 unspecified atom stereocenters. The molecule has 2 aromatic carbocycles. The number of imidazole rings is 1. The molecule has 0 saturated carbocycles. The van der Waals surface area contributed by atoms with Crippen LogP contribution in [0.1, 0.15) is 0 Å². The Kier molecular flexibility index (Phi) is 7.26. The number of ether oxygens (including phenoxy) is 2. The van der Waals surface area contributed by atoms with Crippen molar-refractivity contribution in [2.45, 2.75) is 5.03 Å². The SMILES string of the molecule is COCCNC(=O)CSc1nc(-c2ccc(F)cc2)[nH]c1-c1ccc(OC)cc1. The number of halogens is 1. The average Bonchev–Trinajstić information content (AvgIpc) is 3.17. The Morgan fingerprint density at radius 1 is 1.10 bits per heavy atom. The number of benzene rings is 2. The summed E-state index contributed by atoms with van der Waals surface area (Å²) in [5.74, 6) is 1.18. The number of hydrogen-bond acceptors (Lipinski definition) is 5. The zero-order valence-electron chi connectivity index (χ0n) is 16.2. The highest BCUT2D eigenvalue weighted by Crippen LogP contribution is 2.33. The smallest absolute Gasteiger partial charge is 0.230 e. The Labute approximate surface area is 172 Å². The summed E-state index contributed by atoms with van der Waals surface area (Å²) < 4.78 is 23.4. The number of hydrogen-bond donors (Lipinski definition) is 2. The zero-order chi connectivity index (χ0) is 20.6. The van der Waals surface area contributed by atoms with Gasteiger partial charge in [0, 0.05) is 24.8 Å². The van der Waals surface area contributed by atoms with E-state index in [2.05, 4.69) is 15.3 Å². The Balaban J connectivity index is 1.85. The lowest BCUT2D eigenvalue weighted by molar-refractivity contribution is -0.118. The second-order valence-corrected chi connectivity index (χ2v) is 7.10. The number of thioether (sulfide) groups is 1. The van der Waals surface area contributed by atoms with Gasteiger partial charge in [0.25, 0.3) is 0 Å². The fourth-order valence-electron chi connectivity index (χ4n) is 2.64. The van der Waals surface area contributed by atoms with Crippen LogP contribution in [-0.4, -0.2) is 49.0 Å². The van der Waals surface area contributed by atoms with Crippen molar-refractivity contribution < 1.29 is 18.7 Å². The number of carbonyl (C=O) groups excluding carboxylic acids is 1. The minimum Gasteiger partial charge on any atom is -0.497 e. The largest absolute Gasteiger partial charge is 0.497 e. The molecule has 8 heteroatoms. The third-order valence-corrected chi connectivity index (χ3v) is 5.11. The summed E-state index contributed by atoms with van der Waals surface area (Å²) in [6, 6.07) is 13.7. The molecule has 0 radical (unpaired) electrons. The highest BCUT2D eigenvalue weighted by Gasteiger charge is 2.16. The first kappa shape index (κ1) is 20.9. The first-order chi connectivity index (χ1) is 14.1. The first-order valence-electron chi connectivity index (χ1n) is 8.99. The van der Waals surface area contributed by atoms with Gasteiger partial charge in [-0.1, -0.05) is 11.8 Å². The fraction of sp³-hybridized carbons (Fsp3) is 0.238. The molecule has 1 amide bonds. The standard InChI is InChI=1S/C21H22FN3O3S/c1-27-12-11-23-18(26)13-29-21-19(14-5-9-17(28-2)10-6-14)24-20(25-21)15-3-7-16(22)8-4-15/h3-10H,11-13H2,1-2H3,(H,23,26)(H,24,25). The number of rotatable bonds is 9. The van der Waals surface area contributed by atoms with Crippen LogP contribution in [0.2, 0.25) is 0 Å². The molecule has 3 aromatic rings. The van der Waals surface area contributed by atoms with Gasteiger partial charge >= 0.3 is 0 Å². The Hall–Kier alpha value is -2.84. The van der Waals surface area contributed by atoms with E-state index in [4.69, 9.17) is 9.47 Å². The van der Waals surface area contributed by atoms with Crippen LogP contribution < -0.4 is 10.1 Å². The van der Waals surface area contributed by atoms with Crippen LogP contribution in [0.5, 0.6) is 5.75 Å². The normalized spacial score (nSPS) is 10.7. The maximum Gasteiger partial charge on any atom is 0.230 e. The van der Waals surface area contributed by atoms with Gasteiger partial charge in [-0.2, -0.15) is 0 Å². The van der Waals surface area contributed by atoms with Gasteiger partial charge in [0.1, 0.15) is 22.4 Å². The van der Waals surface area contributed by atoms with E-state index < -0.39 is 0 Å². The predicted octanol–water partition coefficient (Wildman–Crippen LogP) is 3.75. The molecular formula is C21H22FN3O3S. The molecule has 0 aliphatic carbocycles. The van der Waals surface area contributed by atoms with Crippen molar-refractivity contribution in [3.63, 3.8) is 0 Å².